The molecule has 1 aromatic carbocycles. The van der Waals surface area contributed by atoms with Crippen molar-refractivity contribution in [3.8, 4) is 0 Å². The Balaban J connectivity index is 2.49. The van der Waals surface area contributed by atoms with Crippen LogP contribution in [-0.4, -0.2) is 29.6 Å². The number of rotatable bonds is 5. The SMILES string of the molecule is CC(=O)N[C@H](CO)C(=O)NCc1ccc(C)cc1. The zero-order chi connectivity index (χ0) is 13.5. The van der Waals surface area contributed by atoms with E-state index in [0.29, 0.717) is 6.54 Å². The van der Waals surface area contributed by atoms with Crippen LogP contribution in [0.4, 0.5) is 0 Å². The number of carbonyl (C=O) groups excluding carboxylic acids is 2. The van der Waals surface area contributed by atoms with E-state index in [4.69, 9.17) is 5.11 Å². The van der Waals surface area contributed by atoms with Gasteiger partial charge in [-0.05, 0) is 12.5 Å². The largest absolute Gasteiger partial charge is 0.394 e. The van der Waals surface area contributed by atoms with Crippen LogP contribution in [0.25, 0.3) is 0 Å². The van der Waals surface area contributed by atoms with Gasteiger partial charge in [-0.25, -0.2) is 0 Å². The average Bonchev–Trinajstić information content (AvgIpc) is 2.34. The predicted molar refractivity (Wildman–Crippen MR) is 67.7 cm³/mol. The number of benzene rings is 1. The molecule has 5 heteroatoms. The molecule has 0 unspecified atom stereocenters. The topological polar surface area (TPSA) is 78.4 Å². The summed E-state index contributed by atoms with van der Waals surface area (Å²) in [7, 11) is 0. The molecule has 18 heavy (non-hydrogen) atoms. The Morgan fingerprint density at radius 2 is 1.89 bits per heavy atom. The number of aliphatic hydroxyl groups excluding tert-OH is 1. The molecule has 2 amide bonds. The van der Waals surface area contributed by atoms with E-state index in [9.17, 15) is 9.59 Å². The Bertz CT molecular complexity index is 415. The van der Waals surface area contributed by atoms with Crippen LogP contribution in [0.5, 0.6) is 0 Å². The van der Waals surface area contributed by atoms with Gasteiger partial charge >= 0.3 is 0 Å². The first-order valence-electron chi connectivity index (χ1n) is 5.74. The molecule has 0 aromatic heterocycles. The predicted octanol–water partition coefficient (Wildman–Crippen LogP) is 0.108. The van der Waals surface area contributed by atoms with Gasteiger partial charge in [0.25, 0.3) is 0 Å². The van der Waals surface area contributed by atoms with Crippen LogP contribution in [0.3, 0.4) is 0 Å². The zero-order valence-electron chi connectivity index (χ0n) is 10.6. The van der Waals surface area contributed by atoms with Gasteiger partial charge in [0, 0.05) is 13.5 Å². The highest BCUT2D eigenvalue weighted by molar-refractivity contribution is 5.86. The lowest BCUT2D eigenvalue weighted by molar-refractivity contribution is -0.129. The van der Waals surface area contributed by atoms with E-state index in [2.05, 4.69) is 10.6 Å². The fourth-order valence-corrected chi connectivity index (χ4v) is 1.46. The van der Waals surface area contributed by atoms with Gasteiger partial charge in [0.15, 0.2) is 0 Å². The van der Waals surface area contributed by atoms with Crippen molar-refractivity contribution in [1.82, 2.24) is 10.6 Å². The Kier molecular flexibility index (Phi) is 5.32. The molecule has 0 spiro atoms. The molecular weight excluding hydrogens is 232 g/mol. The van der Waals surface area contributed by atoms with Crippen molar-refractivity contribution in [2.24, 2.45) is 0 Å². The lowest BCUT2D eigenvalue weighted by Gasteiger charge is -2.15. The maximum atomic E-state index is 11.7. The number of carbonyl (C=O) groups is 2. The maximum Gasteiger partial charge on any atom is 0.245 e. The molecule has 0 bridgehead atoms. The molecular formula is C13H18N2O3. The van der Waals surface area contributed by atoms with E-state index in [1.807, 2.05) is 31.2 Å². The van der Waals surface area contributed by atoms with Crippen LogP contribution in [0.15, 0.2) is 24.3 Å². The second kappa shape index (κ2) is 6.76. The zero-order valence-corrected chi connectivity index (χ0v) is 10.6. The monoisotopic (exact) mass is 250 g/mol. The van der Waals surface area contributed by atoms with Crippen molar-refractivity contribution in [3.63, 3.8) is 0 Å². The van der Waals surface area contributed by atoms with Crippen molar-refractivity contribution in [1.29, 1.82) is 0 Å². The molecule has 0 aliphatic carbocycles. The number of amides is 2. The first-order chi connectivity index (χ1) is 8.52. The molecule has 0 saturated carbocycles. The fraction of sp³-hybridized carbons (Fsp3) is 0.385. The third-order valence-corrected chi connectivity index (χ3v) is 2.46. The summed E-state index contributed by atoms with van der Waals surface area (Å²) in [4.78, 5) is 22.5. The Labute approximate surface area is 106 Å². The summed E-state index contributed by atoms with van der Waals surface area (Å²) < 4.78 is 0. The van der Waals surface area contributed by atoms with Crippen molar-refractivity contribution in [3.05, 3.63) is 35.4 Å². The summed E-state index contributed by atoms with van der Waals surface area (Å²) in [5.74, 6) is -0.743. The smallest absolute Gasteiger partial charge is 0.245 e. The standard InChI is InChI=1S/C13H18N2O3/c1-9-3-5-11(6-4-9)7-14-13(18)12(8-16)15-10(2)17/h3-6,12,16H,7-8H2,1-2H3,(H,14,18)(H,15,17)/t12-/m1/s1. The van der Waals surface area contributed by atoms with Crippen LogP contribution in [0.1, 0.15) is 18.1 Å². The highest BCUT2D eigenvalue weighted by Gasteiger charge is 2.17. The van der Waals surface area contributed by atoms with Gasteiger partial charge in [0.1, 0.15) is 6.04 Å². The summed E-state index contributed by atoms with van der Waals surface area (Å²) >= 11 is 0. The molecule has 98 valence electrons. The minimum absolute atomic E-state index is 0.348. The molecule has 1 rings (SSSR count). The number of hydrogen-bond acceptors (Lipinski definition) is 3. The lowest BCUT2D eigenvalue weighted by Crippen LogP contribution is -2.48. The minimum atomic E-state index is -0.895. The summed E-state index contributed by atoms with van der Waals surface area (Å²) in [5, 5.41) is 14.0. The van der Waals surface area contributed by atoms with E-state index in [-0.39, 0.29) is 5.91 Å². The fourth-order valence-electron chi connectivity index (χ4n) is 1.46. The number of aliphatic hydroxyl groups is 1. The van der Waals surface area contributed by atoms with Crippen LogP contribution in [-0.2, 0) is 16.1 Å². The van der Waals surface area contributed by atoms with Gasteiger partial charge in [-0.3, -0.25) is 9.59 Å². The van der Waals surface area contributed by atoms with Crippen molar-refractivity contribution in [2.75, 3.05) is 6.61 Å². The second-order valence-electron chi connectivity index (χ2n) is 4.14. The highest BCUT2D eigenvalue weighted by Crippen LogP contribution is 2.02. The number of hydrogen-bond donors (Lipinski definition) is 3. The first kappa shape index (κ1) is 14.2. The summed E-state index contributed by atoms with van der Waals surface area (Å²) in [5.41, 5.74) is 2.12. The van der Waals surface area contributed by atoms with Gasteiger partial charge < -0.3 is 15.7 Å². The van der Waals surface area contributed by atoms with Crippen molar-refractivity contribution < 1.29 is 14.7 Å². The molecule has 5 nitrogen and oxygen atoms in total. The molecule has 0 radical (unpaired) electrons. The molecule has 0 aliphatic rings. The molecule has 0 saturated heterocycles. The Morgan fingerprint density at radius 3 is 2.39 bits per heavy atom. The van der Waals surface area contributed by atoms with E-state index in [1.165, 1.54) is 6.92 Å². The van der Waals surface area contributed by atoms with Gasteiger partial charge in [0.2, 0.25) is 11.8 Å². The van der Waals surface area contributed by atoms with Crippen LogP contribution in [0, 0.1) is 6.92 Å². The normalized spacial score (nSPS) is 11.7. The van der Waals surface area contributed by atoms with E-state index < -0.39 is 18.6 Å². The third kappa shape index (κ3) is 4.55. The molecule has 1 atom stereocenters. The quantitative estimate of drug-likeness (QED) is 0.694. The van der Waals surface area contributed by atoms with Gasteiger partial charge in [-0.1, -0.05) is 29.8 Å². The Hall–Kier alpha value is -1.88. The molecule has 3 N–H and O–H groups in total. The van der Waals surface area contributed by atoms with E-state index in [1.54, 1.807) is 0 Å². The van der Waals surface area contributed by atoms with Gasteiger partial charge in [0.05, 0.1) is 6.61 Å². The van der Waals surface area contributed by atoms with Crippen LogP contribution >= 0.6 is 0 Å². The molecule has 1 aromatic rings. The van der Waals surface area contributed by atoms with Crippen LogP contribution < -0.4 is 10.6 Å². The van der Waals surface area contributed by atoms with Gasteiger partial charge in [-0.2, -0.15) is 0 Å². The highest BCUT2D eigenvalue weighted by atomic mass is 16.3. The summed E-state index contributed by atoms with van der Waals surface area (Å²) in [6.07, 6.45) is 0. The van der Waals surface area contributed by atoms with Crippen molar-refractivity contribution in [2.45, 2.75) is 26.4 Å². The first-order valence-corrected chi connectivity index (χ1v) is 5.74. The molecule has 0 heterocycles. The number of nitrogens with one attached hydrogen (secondary N) is 2. The summed E-state index contributed by atoms with van der Waals surface area (Å²) in [6, 6.07) is 6.86. The third-order valence-electron chi connectivity index (χ3n) is 2.46. The average molecular weight is 250 g/mol. The Morgan fingerprint density at radius 1 is 1.28 bits per heavy atom. The van der Waals surface area contributed by atoms with Crippen molar-refractivity contribution >= 4 is 11.8 Å². The van der Waals surface area contributed by atoms with E-state index in [0.717, 1.165) is 11.1 Å². The summed E-state index contributed by atoms with van der Waals surface area (Å²) in [6.45, 7) is 3.24. The van der Waals surface area contributed by atoms with Crippen LogP contribution in [0.2, 0.25) is 0 Å². The second-order valence-corrected chi connectivity index (χ2v) is 4.14. The minimum Gasteiger partial charge on any atom is -0.394 e. The van der Waals surface area contributed by atoms with Gasteiger partial charge in [-0.15, -0.1) is 0 Å². The lowest BCUT2D eigenvalue weighted by atomic mass is 10.1. The number of aryl methyl sites for hydroxylation is 1. The maximum absolute atomic E-state index is 11.7. The molecule has 0 fully saturated rings. The van der Waals surface area contributed by atoms with E-state index >= 15 is 0 Å². The molecule has 0 aliphatic heterocycles.